The lowest BCUT2D eigenvalue weighted by Gasteiger charge is -2.13. The Morgan fingerprint density at radius 1 is 1.20 bits per heavy atom. The van der Waals surface area contributed by atoms with Crippen LogP contribution in [0.1, 0.15) is 11.1 Å². The van der Waals surface area contributed by atoms with E-state index in [1.165, 1.54) is 0 Å². The van der Waals surface area contributed by atoms with Gasteiger partial charge >= 0.3 is 0 Å². The standard InChI is InChI=1S/C16H16Cl2N2/c1-10-7-12(17)9-16(18)15(10)8-11(2)20-14-5-3-13(19)4-6-14/h3-7,9,20H,2,8,19H2,1H3. The first-order valence-corrected chi connectivity index (χ1v) is 6.96. The van der Waals surface area contributed by atoms with Gasteiger partial charge in [0.1, 0.15) is 0 Å². The summed E-state index contributed by atoms with van der Waals surface area (Å²) in [5.41, 5.74) is 10.3. The molecule has 20 heavy (non-hydrogen) atoms. The summed E-state index contributed by atoms with van der Waals surface area (Å²) in [7, 11) is 0. The summed E-state index contributed by atoms with van der Waals surface area (Å²) < 4.78 is 0. The van der Waals surface area contributed by atoms with E-state index >= 15 is 0 Å². The molecule has 2 nitrogen and oxygen atoms in total. The average molecular weight is 307 g/mol. The van der Waals surface area contributed by atoms with Crippen molar-refractivity contribution in [2.45, 2.75) is 13.3 Å². The number of nitrogen functional groups attached to an aromatic ring is 1. The molecule has 0 unspecified atom stereocenters. The summed E-state index contributed by atoms with van der Waals surface area (Å²) >= 11 is 12.2. The molecule has 0 heterocycles. The van der Waals surface area contributed by atoms with Gasteiger partial charge in [-0.3, -0.25) is 0 Å². The van der Waals surface area contributed by atoms with Gasteiger partial charge in [-0.2, -0.15) is 0 Å². The molecular weight excluding hydrogens is 291 g/mol. The highest BCUT2D eigenvalue weighted by molar-refractivity contribution is 6.35. The highest BCUT2D eigenvalue weighted by atomic mass is 35.5. The van der Waals surface area contributed by atoms with E-state index in [9.17, 15) is 0 Å². The molecule has 0 fully saturated rings. The Balaban J connectivity index is 2.10. The number of nitrogens with one attached hydrogen (secondary N) is 1. The third-order valence-corrected chi connectivity index (χ3v) is 3.56. The van der Waals surface area contributed by atoms with E-state index in [4.69, 9.17) is 28.9 Å². The SMILES string of the molecule is C=C(Cc1c(C)cc(Cl)cc1Cl)Nc1ccc(N)cc1. The van der Waals surface area contributed by atoms with E-state index in [1.807, 2.05) is 37.3 Å². The molecule has 2 aromatic carbocycles. The summed E-state index contributed by atoms with van der Waals surface area (Å²) in [6.07, 6.45) is 0.645. The van der Waals surface area contributed by atoms with E-state index < -0.39 is 0 Å². The van der Waals surface area contributed by atoms with Crippen LogP contribution in [0.4, 0.5) is 11.4 Å². The number of rotatable bonds is 4. The second-order valence-electron chi connectivity index (χ2n) is 4.71. The molecule has 0 aliphatic rings. The summed E-state index contributed by atoms with van der Waals surface area (Å²) in [5, 5.41) is 4.55. The third kappa shape index (κ3) is 3.69. The first kappa shape index (κ1) is 14.8. The largest absolute Gasteiger partial charge is 0.399 e. The predicted molar refractivity (Wildman–Crippen MR) is 88.5 cm³/mol. The first-order valence-electron chi connectivity index (χ1n) is 6.20. The van der Waals surface area contributed by atoms with Crippen molar-refractivity contribution in [3.63, 3.8) is 0 Å². The van der Waals surface area contributed by atoms with Crippen molar-refractivity contribution in [3.8, 4) is 0 Å². The number of allylic oxidation sites excluding steroid dienone is 1. The van der Waals surface area contributed by atoms with Gasteiger partial charge in [-0.05, 0) is 54.4 Å². The Labute approximate surface area is 129 Å². The molecule has 2 rings (SSSR count). The molecule has 0 saturated heterocycles. The Hall–Kier alpha value is -1.64. The van der Waals surface area contributed by atoms with Crippen LogP contribution in [0.25, 0.3) is 0 Å². The van der Waals surface area contributed by atoms with Gasteiger partial charge in [0.25, 0.3) is 0 Å². The van der Waals surface area contributed by atoms with Crippen LogP contribution in [0.5, 0.6) is 0 Å². The van der Waals surface area contributed by atoms with Crippen LogP contribution in [0.3, 0.4) is 0 Å². The molecule has 0 aromatic heterocycles. The Morgan fingerprint density at radius 3 is 2.45 bits per heavy atom. The van der Waals surface area contributed by atoms with Gasteiger partial charge in [0.05, 0.1) is 0 Å². The minimum atomic E-state index is 0.645. The van der Waals surface area contributed by atoms with Crippen LogP contribution in [-0.2, 0) is 6.42 Å². The van der Waals surface area contributed by atoms with Crippen molar-refractivity contribution in [3.05, 3.63) is 69.8 Å². The highest BCUT2D eigenvalue weighted by Crippen LogP contribution is 2.27. The van der Waals surface area contributed by atoms with Crippen molar-refractivity contribution in [2.75, 3.05) is 11.1 Å². The van der Waals surface area contributed by atoms with Crippen LogP contribution in [-0.4, -0.2) is 0 Å². The maximum absolute atomic E-state index is 6.23. The van der Waals surface area contributed by atoms with Crippen molar-refractivity contribution in [1.82, 2.24) is 0 Å². The average Bonchev–Trinajstić information content (AvgIpc) is 2.36. The number of nitrogens with two attached hydrogens (primary N) is 1. The third-order valence-electron chi connectivity index (χ3n) is 3.01. The lowest BCUT2D eigenvalue weighted by molar-refractivity contribution is 1.13. The predicted octanol–water partition coefficient (Wildman–Crippen LogP) is 5.05. The van der Waals surface area contributed by atoms with Gasteiger partial charge in [-0.1, -0.05) is 29.8 Å². The molecule has 0 saturated carbocycles. The fourth-order valence-corrected chi connectivity index (χ4v) is 2.65. The number of anilines is 2. The maximum Gasteiger partial charge on any atom is 0.0459 e. The van der Waals surface area contributed by atoms with Crippen LogP contribution < -0.4 is 11.1 Å². The van der Waals surface area contributed by atoms with Crippen molar-refractivity contribution >= 4 is 34.6 Å². The van der Waals surface area contributed by atoms with Gasteiger partial charge in [0, 0.05) is 33.5 Å². The van der Waals surface area contributed by atoms with Crippen molar-refractivity contribution in [2.24, 2.45) is 0 Å². The lowest BCUT2D eigenvalue weighted by atomic mass is 10.0. The van der Waals surface area contributed by atoms with Crippen molar-refractivity contribution < 1.29 is 0 Å². The van der Waals surface area contributed by atoms with E-state index in [0.717, 1.165) is 28.2 Å². The summed E-state index contributed by atoms with van der Waals surface area (Å²) in [6.45, 7) is 6.03. The first-order chi connectivity index (χ1) is 9.45. The second kappa shape index (κ2) is 6.21. The molecule has 104 valence electrons. The Bertz CT molecular complexity index is 610. The van der Waals surface area contributed by atoms with Crippen LogP contribution in [0, 0.1) is 6.92 Å². The fourth-order valence-electron chi connectivity index (χ4n) is 1.98. The van der Waals surface area contributed by atoms with Crippen molar-refractivity contribution in [1.29, 1.82) is 0 Å². The molecule has 0 radical (unpaired) electrons. The maximum atomic E-state index is 6.23. The van der Waals surface area contributed by atoms with E-state index in [-0.39, 0.29) is 0 Å². The summed E-state index contributed by atoms with van der Waals surface area (Å²) in [4.78, 5) is 0. The molecule has 0 aliphatic heterocycles. The van der Waals surface area contributed by atoms with Gasteiger partial charge in [-0.25, -0.2) is 0 Å². The molecule has 0 spiro atoms. The number of halogens is 2. The normalized spacial score (nSPS) is 10.3. The molecule has 3 N–H and O–H groups in total. The minimum absolute atomic E-state index is 0.645. The Morgan fingerprint density at radius 2 is 1.85 bits per heavy atom. The smallest absolute Gasteiger partial charge is 0.0459 e. The zero-order valence-corrected chi connectivity index (χ0v) is 12.7. The highest BCUT2D eigenvalue weighted by Gasteiger charge is 2.08. The van der Waals surface area contributed by atoms with E-state index in [1.54, 1.807) is 6.07 Å². The second-order valence-corrected chi connectivity index (χ2v) is 5.55. The molecule has 2 aromatic rings. The zero-order valence-electron chi connectivity index (χ0n) is 11.2. The number of hydrogen-bond donors (Lipinski definition) is 2. The monoisotopic (exact) mass is 306 g/mol. The number of aryl methyl sites for hydroxylation is 1. The van der Waals surface area contributed by atoms with Gasteiger partial charge < -0.3 is 11.1 Å². The lowest BCUT2D eigenvalue weighted by Crippen LogP contribution is -2.03. The summed E-state index contributed by atoms with van der Waals surface area (Å²) in [5.74, 6) is 0. The van der Waals surface area contributed by atoms with Gasteiger partial charge in [-0.15, -0.1) is 0 Å². The van der Waals surface area contributed by atoms with Gasteiger partial charge in [0.2, 0.25) is 0 Å². The molecule has 0 amide bonds. The van der Waals surface area contributed by atoms with E-state index in [2.05, 4.69) is 11.9 Å². The quantitative estimate of drug-likeness (QED) is 0.775. The van der Waals surface area contributed by atoms with Crippen LogP contribution >= 0.6 is 23.2 Å². The number of hydrogen-bond acceptors (Lipinski definition) is 2. The molecule has 0 atom stereocenters. The topological polar surface area (TPSA) is 38.0 Å². The summed E-state index contributed by atoms with van der Waals surface area (Å²) in [6, 6.07) is 11.2. The van der Waals surface area contributed by atoms with Crippen LogP contribution in [0.15, 0.2) is 48.7 Å². The fraction of sp³-hybridized carbons (Fsp3) is 0.125. The molecule has 0 bridgehead atoms. The molecular formula is C16H16Cl2N2. The Kier molecular flexibility index (Phi) is 4.58. The van der Waals surface area contributed by atoms with E-state index in [0.29, 0.717) is 16.5 Å². The molecule has 4 heteroatoms. The number of benzene rings is 2. The molecule has 0 aliphatic carbocycles. The van der Waals surface area contributed by atoms with Crippen LogP contribution in [0.2, 0.25) is 10.0 Å². The zero-order chi connectivity index (χ0) is 14.7. The minimum Gasteiger partial charge on any atom is -0.399 e. The van der Waals surface area contributed by atoms with Gasteiger partial charge in [0.15, 0.2) is 0 Å².